The summed E-state index contributed by atoms with van der Waals surface area (Å²) in [5.74, 6) is 1.50. The van der Waals surface area contributed by atoms with Crippen LogP contribution in [0.25, 0.3) is 10.9 Å². The first kappa shape index (κ1) is 24.1. The number of likely N-dealkylation sites (tertiary alicyclic amines) is 1. The van der Waals surface area contributed by atoms with Crippen LogP contribution in [-0.4, -0.2) is 40.2 Å². The molecule has 36 heavy (non-hydrogen) atoms. The Morgan fingerprint density at radius 3 is 2.39 bits per heavy atom. The molecule has 0 bridgehead atoms. The Morgan fingerprint density at radius 1 is 0.861 bits per heavy atom. The third-order valence-corrected chi connectivity index (χ3v) is 6.74. The Labute approximate surface area is 212 Å². The third-order valence-electron chi connectivity index (χ3n) is 6.74. The standard InChI is InChI=1S/C30H34N4O2/c35-30(21-24-11-15-28(16-12-24)36-27-9-4-3-5-10-27)32-26-14-13-25-23-31-34(29(25)22-26)20-8-19-33-17-6-1-2-7-18-33/h3-5,9-16,22-23H,1-2,6-8,17-21H2,(H,32,35). The quantitative estimate of drug-likeness (QED) is 0.305. The normalized spacial score (nSPS) is 14.4. The number of nitrogens with zero attached hydrogens (tertiary/aromatic N) is 3. The van der Waals surface area contributed by atoms with Crippen molar-refractivity contribution in [2.45, 2.75) is 45.1 Å². The number of para-hydroxylation sites is 1. The fourth-order valence-electron chi connectivity index (χ4n) is 4.82. The Balaban J connectivity index is 1.15. The van der Waals surface area contributed by atoms with Gasteiger partial charge in [-0.25, -0.2) is 0 Å². The lowest BCUT2D eigenvalue weighted by atomic mass is 10.1. The van der Waals surface area contributed by atoms with Crippen LogP contribution in [0.5, 0.6) is 11.5 Å². The highest BCUT2D eigenvalue weighted by Crippen LogP contribution is 2.22. The predicted molar refractivity (Wildman–Crippen MR) is 145 cm³/mol. The van der Waals surface area contributed by atoms with E-state index in [9.17, 15) is 4.79 Å². The maximum atomic E-state index is 12.7. The van der Waals surface area contributed by atoms with Gasteiger partial charge in [0, 0.05) is 17.6 Å². The number of ether oxygens (including phenoxy) is 1. The molecule has 0 unspecified atom stereocenters. The van der Waals surface area contributed by atoms with Crippen molar-refractivity contribution in [1.82, 2.24) is 14.7 Å². The van der Waals surface area contributed by atoms with Crippen molar-refractivity contribution in [3.8, 4) is 11.5 Å². The van der Waals surface area contributed by atoms with Gasteiger partial charge >= 0.3 is 0 Å². The number of carbonyl (C=O) groups is 1. The van der Waals surface area contributed by atoms with Crippen LogP contribution in [0.3, 0.4) is 0 Å². The van der Waals surface area contributed by atoms with E-state index in [1.54, 1.807) is 0 Å². The molecule has 2 heterocycles. The fraction of sp³-hybridized carbons (Fsp3) is 0.333. The van der Waals surface area contributed by atoms with Gasteiger partial charge in [-0.2, -0.15) is 5.10 Å². The maximum Gasteiger partial charge on any atom is 0.228 e. The van der Waals surface area contributed by atoms with E-state index < -0.39 is 0 Å². The number of carbonyl (C=O) groups excluding carboxylic acids is 1. The lowest BCUT2D eigenvalue weighted by molar-refractivity contribution is -0.115. The summed E-state index contributed by atoms with van der Waals surface area (Å²) in [4.78, 5) is 15.3. The van der Waals surface area contributed by atoms with Gasteiger partial charge in [0.25, 0.3) is 0 Å². The zero-order valence-corrected chi connectivity index (χ0v) is 20.7. The largest absolute Gasteiger partial charge is 0.457 e. The van der Waals surface area contributed by atoms with Crippen molar-refractivity contribution < 1.29 is 9.53 Å². The second-order valence-electron chi connectivity index (χ2n) is 9.53. The van der Waals surface area contributed by atoms with Crippen LogP contribution < -0.4 is 10.1 Å². The number of fused-ring (bicyclic) bond motifs is 1. The summed E-state index contributed by atoms with van der Waals surface area (Å²) in [6.45, 7) is 4.44. The summed E-state index contributed by atoms with van der Waals surface area (Å²) >= 11 is 0. The highest BCUT2D eigenvalue weighted by atomic mass is 16.5. The van der Waals surface area contributed by atoms with E-state index >= 15 is 0 Å². The van der Waals surface area contributed by atoms with Gasteiger partial charge in [-0.1, -0.05) is 43.2 Å². The lowest BCUT2D eigenvalue weighted by Crippen LogP contribution is -2.26. The highest BCUT2D eigenvalue weighted by molar-refractivity contribution is 5.94. The maximum absolute atomic E-state index is 12.7. The third kappa shape index (κ3) is 6.52. The van der Waals surface area contributed by atoms with Crippen LogP contribution in [0, 0.1) is 0 Å². The fourth-order valence-corrected chi connectivity index (χ4v) is 4.82. The molecule has 3 aromatic carbocycles. The van der Waals surface area contributed by atoms with E-state index in [2.05, 4.69) is 20.0 Å². The summed E-state index contributed by atoms with van der Waals surface area (Å²) in [5.41, 5.74) is 2.80. The number of anilines is 1. The van der Waals surface area contributed by atoms with Crippen LogP contribution >= 0.6 is 0 Å². The molecule has 1 N–H and O–H groups in total. The summed E-state index contributed by atoms with van der Waals surface area (Å²) < 4.78 is 7.90. The second-order valence-corrected chi connectivity index (χ2v) is 9.53. The minimum atomic E-state index is -0.0432. The molecule has 4 aromatic rings. The SMILES string of the molecule is O=C(Cc1ccc(Oc2ccccc2)cc1)Nc1ccc2cnn(CCCN3CCCCCC3)c2c1. The van der Waals surface area contributed by atoms with Crippen LogP contribution in [0.4, 0.5) is 5.69 Å². The van der Waals surface area contributed by atoms with Crippen molar-refractivity contribution >= 4 is 22.5 Å². The zero-order chi connectivity index (χ0) is 24.6. The molecule has 0 radical (unpaired) electrons. The molecule has 5 rings (SSSR count). The van der Waals surface area contributed by atoms with Gasteiger partial charge in [0.15, 0.2) is 0 Å². The Bertz CT molecular complexity index is 1260. The summed E-state index contributed by atoms with van der Waals surface area (Å²) in [6.07, 6.45) is 8.66. The number of rotatable bonds is 9. The first-order valence-electron chi connectivity index (χ1n) is 13.0. The van der Waals surface area contributed by atoms with Gasteiger partial charge < -0.3 is 15.0 Å². The first-order chi connectivity index (χ1) is 17.7. The van der Waals surface area contributed by atoms with Gasteiger partial charge in [-0.15, -0.1) is 0 Å². The van der Waals surface area contributed by atoms with E-state index in [0.717, 1.165) is 53.2 Å². The molecular weight excluding hydrogens is 448 g/mol. The molecule has 1 fully saturated rings. The average Bonchev–Trinajstić information content (AvgIpc) is 3.10. The predicted octanol–water partition coefficient (Wildman–Crippen LogP) is 6.28. The van der Waals surface area contributed by atoms with Crippen LogP contribution in [0.15, 0.2) is 79.0 Å². The molecule has 0 aliphatic carbocycles. The number of benzene rings is 3. The molecule has 1 aromatic heterocycles. The Hall–Kier alpha value is -3.64. The Morgan fingerprint density at radius 2 is 1.61 bits per heavy atom. The number of aromatic nitrogens is 2. The average molecular weight is 483 g/mol. The minimum absolute atomic E-state index is 0.0432. The topological polar surface area (TPSA) is 59.4 Å². The number of hydrogen-bond acceptors (Lipinski definition) is 4. The molecule has 186 valence electrons. The van der Waals surface area contributed by atoms with Gasteiger partial charge in [0.05, 0.1) is 18.1 Å². The molecule has 1 aliphatic rings. The zero-order valence-electron chi connectivity index (χ0n) is 20.7. The van der Waals surface area contributed by atoms with Crippen molar-refractivity contribution in [1.29, 1.82) is 0 Å². The Kier molecular flexibility index (Phi) is 7.93. The van der Waals surface area contributed by atoms with E-state index in [1.165, 1.54) is 38.8 Å². The van der Waals surface area contributed by atoms with Crippen molar-refractivity contribution in [3.63, 3.8) is 0 Å². The summed E-state index contributed by atoms with van der Waals surface area (Å²) in [5, 5.41) is 8.74. The molecule has 1 amide bonds. The van der Waals surface area contributed by atoms with Gasteiger partial charge in [0.1, 0.15) is 11.5 Å². The molecule has 6 nitrogen and oxygen atoms in total. The van der Waals surface area contributed by atoms with E-state index in [4.69, 9.17) is 4.74 Å². The van der Waals surface area contributed by atoms with E-state index in [0.29, 0.717) is 6.42 Å². The summed E-state index contributed by atoms with van der Waals surface area (Å²) in [6, 6.07) is 23.3. The molecule has 1 aliphatic heterocycles. The molecule has 0 saturated carbocycles. The van der Waals surface area contributed by atoms with Crippen molar-refractivity contribution in [2.24, 2.45) is 0 Å². The van der Waals surface area contributed by atoms with Crippen LogP contribution in [0.1, 0.15) is 37.7 Å². The van der Waals surface area contributed by atoms with Crippen molar-refractivity contribution in [2.75, 3.05) is 25.0 Å². The molecule has 6 heteroatoms. The van der Waals surface area contributed by atoms with Crippen LogP contribution in [0.2, 0.25) is 0 Å². The molecule has 0 spiro atoms. The van der Waals surface area contributed by atoms with Gasteiger partial charge in [0.2, 0.25) is 5.91 Å². The number of nitrogens with one attached hydrogen (secondary N) is 1. The number of aryl methyl sites for hydroxylation is 1. The summed E-state index contributed by atoms with van der Waals surface area (Å²) in [7, 11) is 0. The number of hydrogen-bond donors (Lipinski definition) is 1. The molecular formula is C30H34N4O2. The van der Waals surface area contributed by atoms with Gasteiger partial charge in [-0.05, 0) is 86.9 Å². The first-order valence-corrected chi connectivity index (χ1v) is 13.0. The van der Waals surface area contributed by atoms with Crippen molar-refractivity contribution in [3.05, 3.63) is 84.6 Å². The van der Waals surface area contributed by atoms with E-state index in [-0.39, 0.29) is 5.91 Å². The molecule has 1 saturated heterocycles. The smallest absolute Gasteiger partial charge is 0.228 e. The molecule has 0 atom stereocenters. The number of amides is 1. The minimum Gasteiger partial charge on any atom is -0.457 e. The second kappa shape index (κ2) is 11.9. The monoisotopic (exact) mass is 482 g/mol. The highest BCUT2D eigenvalue weighted by Gasteiger charge is 2.11. The van der Waals surface area contributed by atoms with E-state index in [1.807, 2.05) is 79.0 Å². The van der Waals surface area contributed by atoms with Gasteiger partial charge in [-0.3, -0.25) is 9.48 Å². The lowest BCUT2D eigenvalue weighted by Gasteiger charge is -2.19. The van der Waals surface area contributed by atoms with Crippen LogP contribution in [-0.2, 0) is 17.8 Å².